The highest BCUT2D eigenvalue weighted by molar-refractivity contribution is 6.05. The van der Waals surface area contributed by atoms with E-state index in [0.717, 1.165) is 47.7 Å². The van der Waals surface area contributed by atoms with E-state index < -0.39 is 5.91 Å². The first-order chi connectivity index (χ1) is 16.9. The van der Waals surface area contributed by atoms with Gasteiger partial charge in [0.15, 0.2) is 11.5 Å². The van der Waals surface area contributed by atoms with Gasteiger partial charge in [-0.1, -0.05) is 18.2 Å². The number of rotatable bonds is 6. The van der Waals surface area contributed by atoms with Gasteiger partial charge in [0.05, 0.1) is 34.2 Å². The number of carbonyl (C=O) groups is 2. The van der Waals surface area contributed by atoms with E-state index in [1.807, 2.05) is 43.3 Å². The number of carbonyl (C=O) groups excluding carboxylic acids is 2. The number of hydrogen-bond donors (Lipinski definition) is 4. The minimum Gasteiger partial charge on any atom is -0.395 e. The van der Waals surface area contributed by atoms with Crippen molar-refractivity contribution in [2.75, 3.05) is 11.1 Å². The van der Waals surface area contributed by atoms with Crippen molar-refractivity contribution < 1.29 is 9.59 Å². The Hall–Kier alpha value is -4.27. The number of primary amides is 1. The van der Waals surface area contributed by atoms with Gasteiger partial charge >= 0.3 is 0 Å². The molecule has 2 aliphatic rings. The number of nitrogen functional groups attached to an aromatic ring is 1. The standard InChI is InChI=1S/C26H25N7O2/c1-13-6-9-18-16(12-29-33-18)19(13)21-20(27)22(23(28)34)32-24(31-21)15-4-2-3-5-17(15)30-25(35)26(10-11-26)14-7-8-14/h2-6,9,12,14H,7-8,10-11,27H2,1H3,(H2,28,34)(H,29,33)(H,30,35). The lowest BCUT2D eigenvalue weighted by Crippen LogP contribution is -2.26. The quantitative estimate of drug-likeness (QED) is 0.338. The third-order valence-electron chi connectivity index (χ3n) is 7.26. The Morgan fingerprint density at radius 1 is 1.11 bits per heavy atom. The van der Waals surface area contributed by atoms with Crippen molar-refractivity contribution in [3.63, 3.8) is 0 Å². The molecule has 9 heteroatoms. The number of nitrogens with two attached hydrogens (primary N) is 2. The highest BCUT2D eigenvalue weighted by Crippen LogP contribution is 2.61. The van der Waals surface area contributed by atoms with Crippen LogP contribution in [0.15, 0.2) is 42.6 Å². The molecule has 2 amide bonds. The van der Waals surface area contributed by atoms with Crippen molar-refractivity contribution in [1.29, 1.82) is 0 Å². The molecule has 0 bridgehead atoms. The van der Waals surface area contributed by atoms with Crippen LogP contribution >= 0.6 is 0 Å². The van der Waals surface area contributed by atoms with Crippen LogP contribution in [0, 0.1) is 18.3 Å². The molecule has 0 aliphatic heterocycles. The highest BCUT2D eigenvalue weighted by Gasteiger charge is 2.59. The SMILES string of the molecule is Cc1ccc2[nH]ncc2c1-c1nc(-c2ccccc2NC(=O)C2(C3CC3)CC2)nc(C(N)=O)c1N. The number of aryl methyl sites for hydroxylation is 1. The molecule has 2 fully saturated rings. The van der Waals surface area contributed by atoms with Gasteiger partial charge in [-0.05, 0) is 62.3 Å². The molecule has 2 aliphatic carbocycles. The van der Waals surface area contributed by atoms with E-state index in [0.29, 0.717) is 22.9 Å². The summed E-state index contributed by atoms with van der Waals surface area (Å²) >= 11 is 0. The topological polar surface area (TPSA) is 153 Å². The Balaban J connectivity index is 1.50. The number of nitrogens with one attached hydrogen (secondary N) is 2. The number of para-hydroxylation sites is 1. The minimum atomic E-state index is -0.753. The van der Waals surface area contributed by atoms with Crippen LogP contribution in [-0.4, -0.2) is 32.0 Å². The van der Waals surface area contributed by atoms with E-state index in [4.69, 9.17) is 16.5 Å². The number of nitrogens with zero attached hydrogens (tertiary/aromatic N) is 3. The van der Waals surface area contributed by atoms with Crippen molar-refractivity contribution in [2.45, 2.75) is 32.6 Å². The van der Waals surface area contributed by atoms with Crippen LogP contribution in [0.5, 0.6) is 0 Å². The summed E-state index contributed by atoms with van der Waals surface area (Å²) in [6.45, 7) is 1.94. The summed E-state index contributed by atoms with van der Waals surface area (Å²) in [6, 6.07) is 11.2. The fraction of sp³-hybridized carbons (Fsp3) is 0.269. The number of aromatic amines is 1. The predicted octanol–water partition coefficient (Wildman–Crippen LogP) is 3.81. The van der Waals surface area contributed by atoms with Gasteiger partial charge in [0.2, 0.25) is 5.91 Å². The maximum Gasteiger partial charge on any atom is 0.269 e. The average Bonchev–Trinajstić information content (AvgIpc) is 3.76. The lowest BCUT2D eigenvalue weighted by Gasteiger charge is -2.18. The van der Waals surface area contributed by atoms with Gasteiger partial charge < -0.3 is 16.8 Å². The number of anilines is 2. The van der Waals surface area contributed by atoms with Crippen molar-refractivity contribution in [3.05, 3.63) is 53.9 Å². The fourth-order valence-corrected chi connectivity index (χ4v) is 5.03. The summed E-state index contributed by atoms with van der Waals surface area (Å²) < 4.78 is 0. The molecule has 35 heavy (non-hydrogen) atoms. The molecular formula is C26H25N7O2. The molecule has 6 rings (SSSR count). The zero-order valence-corrected chi connectivity index (χ0v) is 19.3. The van der Waals surface area contributed by atoms with Crippen LogP contribution < -0.4 is 16.8 Å². The van der Waals surface area contributed by atoms with Crippen LogP contribution in [0.2, 0.25) is 0 Å². The van der Waals surface area contributed by atoms with E-state index in [9.17, 15) is 9.59 Å². The van der Waals surface area contributed by atoms with Crippen LogP contribution in [0.1, 0.15) is 41.7 Å². The summed E-state index contributed by atoms with van der Waals surface area (Å²) in [6.07, 6.45) is 5.77. The summed E-state index contributed by atoms with van der Waals surface area (Å²) in [5, 5.41) is 11.0. The van der Waals surface area contributed by atoms with Crippen molar-refractivity contribution >= 4 is 34.1 Å². The molecule has 6 N–H and O–H groups in total. The Bertz CT molecular complexity index is 1520. The van der Waals surface area contributed by atoms with E-state index in [2.05, 4.69) is 20.5 Å². The Labute approximate surface area is 201 Å². The smallest absolute Gasteiger partial charge is 0.269 e. The van der Waals surface area contributed by atoms with Crippen LogP contribution in [0.3, 0.4) is 0 Å². The molecule has 9 nitrogen and oxygen atoms in total. The van der Waals surface area contributed by atoms with Crippen molar-refractivity contribution in [2.24, 2.45) is 17.1 Å². The first-order valence-electron chi connectivity index (χ1n) is 11.7. The number of fused-ring (bicyclic) bond motifs is 1. The zero-order valence-electron chi connectivity index (χ0n) is 19.3. The molecule has 2 aromatic heterocycles. The minimum absolute atomic E-state index is 0.0391. The molecule has 0 unspecified atom stereocenters. The van der Waals surface area contributed by atoms with E-state index in [1.165, 1.54) is 0 Å². The number of hydrogen-bond acceptors (Lipinski definition) is 6. The van der Waals surface area contributed by atoms with Crippen LogP contribution in [-0.2, 0) is 4.79 Å². The number of benzene rings is 2. The fourth-order valence-electron chi connectivity index (χ4n) is 5.03. The molecule has 0 radical (unpaired) electrons. The highest BCUT2D eigenvalue weighted by atomic mass is 16.2. The van der Waals surface area contributed by atoms with Gasteiger partial charge in [0.25, 0.3) is 5.91 Å². The molecular weight excluding hydrogens is 442 g/mol. The first kappa shape index (κ1) is 21.3. The van der Waals surface area contributed by atoms with Crippen LogP contribution in [0.25, 0.3) is 33.5 Å². The van der Waals surface area contributed by atoms with Gasteiger partial charge in [-0.2, -0.15) is 5.10 Å². The van der Waals surface area contributed by atoms with Gasteiger partial charge in [-0.3, -0.25) is 14.7 Å². The van der Waals surface area contributed by atoms with Gasteiger partial charge in [0.1, 0.15) is 0 Å². The summed E-state index contributed by atoms with van der Waals surface area (Å²) in [5.74, 6) is 0.0258. The molecule has 0 atom stereocenters. The number of aromatic nitrogens is 4. The van der Waals surface area contributed by atoms with Crippen LogP contribution in [0.4, 0.5) is 11.4 Å². The number of H-pyrrole nitrogens is 1. The maximum atomic E-state index is 13.2. The van der Waals surface area contributed by atoms with E-state index in [-0.39, 0.29) is 28.5 Å². The molecule has 0 saturated heterocycles. The second-order valence-electron chi connectivity index (χ2n) is 9.54. The largest absolute Gasteiger partial charge is 0.395 e. The lowest BCUT2D eigenvalue weighted by atomic mass is 9.98. The second-order valence-corrected chi connectivity index (χ2v) is 9.54. The number of amides is 2. The predicted molar refractivity (Wildman–Crippen MR) is 133 cm³/mol. The second kappa shape index (κ2) is 7.63. The average molecular weight is 468 g/mol. The van der Waals surface area contributed by atoms with Gasteiger partial charge in [-0.25, -0.2) is 9.97 Å². The monoisotopic (exact) mass is 467 g/mol. The van der Waals surface area contributed by atoms with Gasteiger partial charge in [0, 0.05) is 16.5 Å². The maximum absolute atomic E-state index is 13.2. The summed E-state index contributed by atoms with van der Waals surface area (Å²) in [5.41, 5.74) is 15.9. The molecule has 2 heterocycles. The first-order valence-corrected chi connectivity index (χ1v) is 11.7. The molecule has 2 aromatic carbocycles. The zero-order chi connectivity index (χ0) is 24.3. The third kappa shape index (κ3) is 3.42. The summed E-state index contributed by atoms with van der Waals surface area (Å²) in [7, 11) is 0. The van der Waals surface area contributed by atoms with E-state index in [1.54, 1.807) is 6.20 Å². The summed E-state index contributed by atoms with van der Waals surface area (Å²) in [4.78, 5) is 34.8. The normalized spacial score (nSPS) is 16.3. The van der Waals surface area contributed by atoms with Gasteiger partial charge in [-0.15, -0.1) is 0 Å². The lowest BCUT2D eigenvalue weighted by molar-refractivity contribution is -0.121. The van der Waals surface area contributed by atoms with E-state index >= 15 is 0 Å². The Morgan fingerprint density at radius 3 is 2.60 bits per heavy atom. The molecule has 4 aromatic rings. The Kier molecular flexibility index (Phi) is 4.64. The molecule has 0 spiro atoms. The Morgan fingerprint density at radius 2 is 1.89 bits per heavy atom. The van der Waals surface area contributed by atoms with Crippen molar-refractivity contribution in [3.8, 4) is 22.6 Å². The molecule has 2 saturated carbocycles. The van der Waals surface area contributed by atoms with Crippen molar-refractivity contribution in [1.82, 2.24) is 20.2 Å². The third-order valence-corrected chi connectivity index (χ3v) is 7.26. The molecule has 176 valence electrons.